The van der Waals surface area contributed by atoms with E-state index in [-0.39, 0.29) is 5.92 Å². The third kappa shape index (κ3) is 2.19. The summed E-state index contributed by atoms with van der Waals surface area (Å²) in [5.74, 6) is 0.321. The van der Waals surface area contributed by atoms with Crippen molar-refractivity contribution in [3.8, 4) is 0 Å². The molecule has 1 aliphatic heterocycles. The first-order valence-electron chi connectivity index (χ1n) is 6.60. The van der Waals surface area contributed by atoms with Gasteiger partial charge in [0.05, 0.1) is 17.8 Å². The number of fused-ring (bicyclic) bond motifs is 2. The molecule has 0 radical (unpaired) electrons. The van der Waals surface area contributed by atoms with Gasteiger partial charge in [0.25, 0.3) is 0 Å². The summed E-state index contributed by atoms with van der Waals surface area (Å²) in [5.41, 5.74) is 1.17. The number of carboxylic acid groups (broad SMARTS) is 1. The molecule has 1 aromatic heterocycles. The van der Waals surface area contributed by atoms with Crippen LogP contribution in [0.4, 0.5) is 5.69 Å². The van der Waals surface area contributed by atoms with E-state index in [9.17, 15) is 4.79 Å². The number of pyridine rings is 1. The lowest BCUT2D eigenvalue weighted by molar-refractivity contribution is -0.144. The fraction of sp³-hybridized carbons (Fsp3) is 0.571. The van der Waals surface area contributed by atoms with Gasteiger partial charge in [-0.1, -0.05) is 0 Å². The second-order valence-corrected chi connectivity index (χ2v) is 5.59. The van der Waals surface area contributed by atoms with Gasteiger partial charge in [-0.05, 0) is 43.2 Å². The van der Waals surface area contributed by atoms with Crippen LogP contribution < -0.4 is 4.90 Å². The zero-order valence-electron chi connectivity index (χ0n) is 10.3. The SMILES string of the molecule is O=C(O)C1CC2CC(C1)CN(c1cccnc1)C2. The van der Waals surface area contributed by atoms with Gasteiger partial charge in [-0.15, -0.1) is 0 Å². The van der Waals surface area contributed by atoms with E-state index < -0.39 is 5.97 Å². The summed E-state index contributed by atoms with van der Waals surface area (Å²) >= 11 is 0. The van der Waals surface area contributed by atoms with Gasteiger partial charge in [0.2, 0.25) is 0 Å². The van der Waals surface area contributed by atoms with Crippen LogP contribution in [0.25, 0.3) is 0 Å². The molecule has 1 saturated heterocycles. The third-order valence-electron chi connectivity index (χ3n) is 4.22. The molecule has 1 aliphatic carbocycles. The molecule has 1 saturated carbocycles. The van der Waals surface area contributed by atoms with Gasteiger partial charge in [0.1, 0.15) is 0 Å². The Balaban J connectivity index is 1.73. The maximum atomic E-state index is 11.1. The van der Waals surface area contributed by atoms with Crippen molar-refractivity contribution in [1.29, 1.82) is 0 Å². The second kappa shape index (κ2) is 4.59. The van der Waals surface area contributed by atoms with Gasteiger partial charge in [0.15, 0.2) is 0 Å². The average molecular weight is 246 g/mol. The zero-order chi connectivity index (χ0) is 12.5. The minimum atomic E-state index is -0.612. The summed E-state index contributed by atoms with van der Waals surface area (Å²) < 4.78 is 0. The van der Waals surface area contributed by atoms with E-state index in [1.807, 2.05) is 12.3 Å². The molecule has 2 heterocycles. The molecule has 0 spiro atoms. The van der Waals surface area contributed by atoms with Crippen molar-refractivity contribution in [2.24, 2.45) is 17.8 Å². The zero-order valence-corrected chi connectivity index (χ0v) is 10.3. The molecule has 2 atom stereocenters. The molecule has 0 aromatic carbocycles. The van der Waals surface area contributed by atoms with Crippen molar-refractivity contribution in [2.45, 2.75) is 19.3 Å². The van der Waals surface area contributed by atoms with Crippen LogP contribution in [0.1, 0.15) is 19.3 Å². The number of aromatic nitrogens is 1. The number of nitrogens with zero attached hydrogens (tertiary/aromatic N) is 2. The molecule has 4 nitrogen and oxygen atoms in total. The maximum Gasteiger partial charge on any atom is 0.306 e. The van der Waals surface area contributed by atoms with Crippen LogP contribution in [-0.2, 0) is 4.79 Å². The van der Waals surface area contributed by atoms with Crippen LogP contribution in [-0.4, -0.2) is 29.1 Å². The topological polar surface area (TPSA) is 53.4 Å². The van der Waals surface area contributed by atoms with Crippen molar-refractivity contribution in [1.82, 2.24) is 4.98 Å². The fourth-order valence-corrected chi connectivity index (χ4v) is 3.51. The van der Waals surface area contributed by atoms with Crippen molar-refractivity contribution in [3.63, 3.8) is 0 Å². The Morgan fingerprint density at radius 3 is 2.56 bits per heavy atom. The molecular weight excluding hydrogens is 228 g/mol. The molecule has 2 bridgehead atoms. The highest BCUT2D eigenvalue weighted by Gasteiger charge is 2.37. The normalized spacial score (nSPS) is 31.1. The summed E-state index contributed by atoms with van der Waals surface area (Å²) in [6, 6.07) is 4.04. The van der Waals surface area contributed by atoms with E-state index in [0.29, 0.717) is 11.8 Å². The predicted molar refractivity (Wildman–Crippen MR) is 68.4 cm³/mol. The molecule has 18 heavy (non-hydrogen) atoms. The summed E-state index contributed by atoms with van der Waals surface area (Å²) in [5, 5.41) is 9.15. The van der Waals surface area contributed by atoms with Gasteiger partial charge in [-0.3, -0.25) is 9.78 Å². The van der Waals surface area contributed by atoms with E-state index >= 15 is 0 Å². The van der Waals surface area contributed by atoms with E-state index in [1.165, 1.54) is 12.1 Å². The Kier molecular flexibility index (Phi) is 2.94. The molecular formula is C14H18N2O2. The molecule has 2 aliphatic rings. The molecule has 1 N–H and O–H groups in total. The number of rotatable bonds is 2. The number of carboxylic acids is 1. The fourth-order valence-electron chi connectivity index (χ4n) is 3.51. The highest BCUT2D eigenvalue weighted by Crippen LogP contribution is 2.39. The number of carbonyl (C=O) groups is 1. The van der Waals surface area contributed by atoms with Crippen molar-refractivity contribution >= 4 is 11.7 Å². The van der Waals surface area contributed by atoms with Gasteiger partial charge in [0, 0.05) is 19.3 Å². The monoisotopic (exact) mass is 246 g/mol. The highest BCUT2D eigenvalue weighted by atomic mass is 16.4. The standard InChI is InChI=1S/C14H18N2O2/c17-14(18)12-5-10-4-11(6-12)9-16(8-10)13-2-1-3-15-7-13/h1-3,7,10-12H,4-6,8-9H2,(H,17,18). The predicted octanol–water partition coefficient (Wildman–Crippen LogP) is 2.02. The maximum absolute atomic E-state index is 11.1. The van der Waals surface area contributed by atoms with Crippen LogP contribution in [0.5, 0.6) is 0 Å². The number of anilines is 1. The van der Waals surface area contributed by atoms with Gasteiger partial charge in [-0.2, -0.15) is 0 Å². The van der Waals surface area contributed by atoms with Gasteiger partial charge < -0.3 is 10.0 Å². The first kappa shape index (κ1) is 11.5. The van der Waals surface area contributed by atoms with Crippen LogP contribution in [0, 0.1) is 17.8 Å². The number of hydrogen-bond donors (Lipinski definition) is 1. The van der Waals surface area contributed by atoms with E-state index in [0.717, 1.165) is 25.9 Å². The molecule has 2 unspecified atom stereocenters. The first-order chi connectivity index (χ1) is 8.72. The molecule has 3 rings (SSSR count). The third-order valence-corrected chi connectivity index (χ3v) is 4.22. The lowest BCUT2D eigenvalue weighted by Crippen LogP contribution is -2.45. The van der Waals surface area contributed by atoms with Crippen molar-refractivity contribution in [2.75, 3.05) is 18.0 Å². The van der Waals surface area contributed by atoms with Crippen molar-refractivity contribution in [3.05, 3.63) is 24.5 Å². The minimum Gasteiger partial charge on any atom is -0.481 e. The Bertz CT molecular complexity index is 421. The van der Waals surface area contributed by atoms with Crippen LogP contribution in [0.15, 0.2) is 24.5 Å². The lowest BCUT2D eigenvalue weighted by atomic mass is 9.72. The average Bonchev–Trinajstić information content (AvgIpc) is 2.38. The first-order valence-corrected chi connectivity index (χ1v) is 6.60. The molecule has 2 fully saturated rings. The molecule has 1 aromatic rings. The Morgan fingerprint density at radius 1 is 1.28 bits per heavy atom. The van der Waals surface area contributed by atoms with E-state index in [4.69, 9.17) is 5.11 Å². The van der Waals surface area contributed by atoms with Crippen LogP contribution >= 0.6 is 0 Å². The smallest absolute Gasteiger partial charge is 0.306 e. The van der Waals surface area contributed by atoms with E-state index in [1.54, 1.807) is 6.20 Å². The summed E-state index contributed by atoms with van der Waals surface area (Å²) in [6.45, 7) is 1.96. The van der Waals surface area contributed by atoms with Gasteiger partial charge in [-0.25, -0.2) is 0 Å². The Morgan fingerprint density at radius 2 is 2.00 bits per heavy atom. The summed E-state index contributed by atoms with van der Waals surface area (Å²) in [4.78, 5) is 17.6. The van der Waals surface area contributed by atoms with Gasteiger partial charge >= 0.3 is 5.97 Å². The number of piperidine rings is 1. The Hall–Kier alpha value is -1.58. The number of hydrogen-bond acceptors (Lipinski definition) is 3. The highest BCUT2D eigenvalue weighted by molar-refractivity contribution is 5.70. The number of aliphatic carboxylic acids is 1. The summed E-state index contributed by atoms with van der Waals surface area (Å²) in [7, 11) is 0. The lowest BCUT2D eigenvalue weighted by Gasteiger charge is -2.44. The van der Waals surface area contributed by atoms with Crippen molar-refractivity contribution < 1.29 is 9.90 Å². The van der Waals surface area contributed by atoms with Crippen LogP contribution in [0.2, 0.25) is 0 Å². The quantitative estimate of drug-likeness (QED) is 0.867. The van der Waals surface area contributed by atoms with Crippen LogP contribution in [0.3, 0.4) is 0 Å². The van der Waals surface area contributed by atoms with E-state index in [2.05, 4.69) is 16.0 Å². The largest absolute Gasteiger partial charge is 0.481 e. The minimum absolute atomic E-state index is 0.121. The second-order valence-electron chi connectivity index (χ2n) is 5.59. The molecule has 96 valence electrons. The Labute approximate surface area is 107 Å². The molecule has 0 amide bonds. The molecule has 4 heteroatoms. The summed E-state index contributed by atoms with van der Waals surface area (Å²) in [6.07, 6.45) is 6.55.